The van der Waals surface area contributed by atoms with Crippen molar-refractivity contribution in [2.45, 2.75) is 20.3 Å². The first kappa shape index (κ1) is 15.7. The molecule has 0 fully saturated rings. The lowest BCUT2D eigenvalue weighted by atomic mass is 10.1. The highest BCUT2D eigenvalue weighted by Crippen LogP contribution is 2.31. The van der Waals surface area contributed by atoms with E-state index in [-0.39, 0.29) is 5.02 Å². The van der Waals surface area contributed by atoms with E-state index < -0.39 is 5.82 Å². The van der Waals surface area contributed by atoms with Crippen LogP contribution in [0, 0.1) is 11.7 Å². The van der Waals surface area contributed by atoms with Crippen LogP contribution >= 0.6 is 39.1 Å². The minimum Gasteiger partial charge on any atom is -0.232 e. The largest absolute Gasteiger partial charge is 0.232 e. The molecule has 0 N–H and O–H groups in total. The van der Waals surface area contributed by atoms with E-state index >= 15 is 0 Å². The third-order valence-electron chi connectivity index (χ3n) is 2.65. The van der Waals surface area contributed by atoms with Gasteiger partial charge in [0.25, 0.3) is 0 Å². The fourth-order valence-electron chi connectivity index (χ4n) is 1.78. The number of nitrogens with zero attached hydrogens (tertiary/aromatic N) is 2. The molecule has 106 valence electrons. The summed E-state index contributed by atoms with van der Waals surface area (Å²) in [5.74, 6) is 0.428. The summed E-state index contributed by atoms with van der Waals surface area (Å²) in [5, 5.41) is 0.588. The number of aromatic nitrogens is 2. The molecule has 20 heavy (non-hydrogen) atoms. The molecule has 0 unspecified atom stereocenters. The molecule has 0 saturated heterocycles. The molecule has 0 radical (unpaired) electrons. The van der Waals surface area contributed by atoms with Gasteiger partial charge in [-0.15, -0.1) is 0 Å². The minimum atomic E-state index is -0.399. The van der Waals surface area contributed by atoms with Crippen LogP contribution in [0.2, 0.25) is 10.2 Å². The van der Waals surface area contributed by atoms with E-state index in [1.54, 1.807) is 6.07 Å². The van der Waals surface area contributed by atoms with E-state index in [2.05, 4.69) is 39.7 Å². The number of benzene rings is 1. The molecule has 0 aliphatic carbocycles. The first-order valence-corrected chi connectivity index (χ1v) is 7.60. The number of hydrogen-bond acceptors (Lipinski definition) is 2. The fourth-order valence-corrected chi connectivity index (χ4v) is 2.56. The maximum absolute atomic E-state index is 13.1. The molecular weight excluding hydrogens is 366 g/mol. The zero-order valence-corrected chi connectivity index (χ0v) is 14.0. The first-order valence-electron chi connectivity index (χ1n) is 6.05. The summed E-state index contributed by atoms with van der Waals surface area (Å²) in [4.78, 5) is 8.69. The second-order valence-corrected chi connectivity index (χ2v) is 6.38. The second kappa shape index (κ2) is 6.37. The van der Waals surface area contributed by atoms with Crippen LogP contribution in [0.3, 0.4) is 0 Å². The Bertz CT molecular complexity index is 647. The molecule has 0 aliphatic rings. The monoisotopic (exact) mass is 376 g/mol. The highest BCUT2D eigenvalue weighted by Gasteiger charge is 2.15. The van der Waals surface area contributed by atoms with Crippen molar-refractivity contribution in [2.24, 2.45) is 5.92 Å². The Labute approximate surface area is 135 Å². The highest BCUT2D eigenvalue weighted by atomic mass is 79.9. The summed E-state index contributed by atoms with van der Waals surface area (Å²) in [7, 11) is 0. The van der Waals surface area contributed by atoms with Crippen molar-refractivity contribution in [3.05, 3.63) is 44.4 Å². The molecule has 0 atom stereocenters. The highest BCUT2D eigenvalue weighted by molar-refractivity contribution is 9.10. The van der Waals surface area contributed by atoms with Crippen molar-refractivity contribution in [3.8, 4) is 11.4 Å². The Morgan fingerprint density at radius 2 is 1.95 bits per heavy atom. The van der Waals surface area contributed by atoms with Gasteiger partial charge in [0.2, 0.25) is 0 Å². The van der Waals surface area contributed by atoms with Crippen molar-refractivity contribution < 1.29 is 4.39 Å². The van der Waals surface area contributed by atoms with Gasteiger partial charge in [0.1, 0.15) is 11.0 Å². The molecule has 0 aliphatic heterocycles. The average molecular weight is 378 g/mol. The molecule has 2 nitrogen and oxygen atoms in total. The van der Waals surface area contributed by atoms with Crippen molar-refractivity contribution in [3.63, 3.8) is 0 Å². The predicted octanol–water partition coefficient (Wildman–Crippen LogP) is 5.55. The van der Waals surface area contributed by atoms with E-state index in [9.17, 15) is 4.39 Å². The second-order valence-electron chi connectivity index (χ2n) is 4.82. The number of hydrogen-bond donors (Lipinski definition) is 0. The van der Waals surface area contributed by atoms with Crippen molar-refractivity contribution in [1.82, 2.24) is 9.97 Å². The van der Waals surface area contributed by atoms with Gasteiger partial charge in [-0.25, -0.2) is 14.4 Å². The molecule has 1 aromatic carbocycles. The molecular formula is C14H12BrCl2FN2. The van der Waals surface area contributed by atoms with Crippen molar-refractivity contribution >= 4 is 39.1 Å². The molecule has 6 heteroatoms. The molecule has 1 aromatic heterocycles. The van der Waals surface area contributed by atoms with E-state index in [4.69, 9.17) is 23.2 Å². The van der Waals surface area contributed by atoms with Crippen LogP contribution in [-0.4, -0.2) is 9.97 Å². The van der Waals surface area contributed by atoms with Crippen molar-refractivity contribution in [2.75, 3.05) is 0 Å². The third-order valence-corrected chi connectivity index (χ3v) is 4.30. The summed E-state index contributed by atoms with van der Waals surface area (Å²) in [6.45, 7) is 4.18. The van der Waals surface area contributed by atoms with Gasteiger partial charge in [0.15, 0.2) is 5.82 Å². The van der Waals surface area contributed by atoms with Gasteiger partial charge in [0.05, 0.1) is 15.2 Å². The van der Waals surface area contributed by atoms with E-state index in [0.29, 0.717) is 26.9 Å². The van der Waals surface area contributed by atoms with Gasteiger partial charge < -0.3 is 0 Å². The smallest absolute Gasteiger partial charge is 0.162 e. The van der Waals surface area contributed by atoms with Crippen LogP contribution in [0.15, 0.2) is 22.7 Å². The molecule has 0 spiro atoms. The van der Waals surface area contributed by atoms with Gasteiger partial charge in [-0.05, 0) is 46.5 Å². The fraction of sp³-hybridized carbons (Fsp3) is 0.286. The van der Waals surface area contributed by atoms with Crippen LogP contribution in [-0.2, 0) is 6.42 Å². The predicted molar refractivity (Wildman–Crippen MR) is 83.7 cm³/mol. The summed E-state index contributed by atoms with van der Waals surface area (Å²) in [5.41, 5.74) is 1.38. The van der Waals surface area contributed by atoms with E-state index in [0.717, 1.165) is 12.1 Å². The number of rotatable bonds is 3. The van der Waals surface area contributed by atoms with Crippen LogP contribution in [0.1, 0.15) is 19.5 Å². The van der Waals surface area contributed by atoms with Gasteiger partial charge in [-0.1, -0.05) is 37.0 Å². The first-order chi connectivity index (χ1) is 9.38. The number of halogens is 4. The maximum Gasteiger partial charge on any atom is 0.162 e. The zero-order chi connectivity index (χ0) is 14.9. The molecule has 2 aromatic rings. The van der Waals surface area contributed by atoms with Crippen LogP contribution in [0.5, 0.6) is 0 Å². The molecule has 0 bridgehead atoms. The van der Waals surface area contributed by atoms with Crippen LogP contribution in [0.4, 0.5) is 4.39 Å². The summed E-state index contributed by atoms with van der Waals surface area (Å²) < 4.78 is 13.8. The van der Waals surface area contributed by atoms with Crippen LogP contribution in [0.25, 0.3) is 11.4 Å². The Kier molecular flexibility index (Phi) is 4.99. The van der Waals surface area contributed by atoms with Crippen LogP contribution < -0.4 is 0 Å². The Hall–Kier alpha value is -0.710. The lowest BCUT2D eigenvalue weighted by Gasteiger charge is -2.11. The quantitative estimate of drug-likeness (QED) is 0.655. The van der Waals surface area contributed by atoms with E-state index in [1.165, 1.54) is 12.1 Å². The molecule has 2 rings (SSSR count). The minimum absolute atomic E-state index is 0.263. The third kappa shape index (κ3) is 3.48. The lowest BCUT2D eigenvalue weighted by Crippen LogP contribution is -2.03. The molecule has 0 amide bonds. The van der Waals surface area contributed by atoms with Gasteiger partial charge >= 0.3 is 0 Å². The van der Waals surface area contributed by atoms with Gasteiger partial charge in [0, 0.05) is 5.56 Å². The topological polar surface area (TPSA) is 25.8 Å². The summed E-state index contributed by atoms with van der Waals surface area (Å²) in [6, 6.07) is 4.11. The Balaban J connectivity index is 2.54. The standard InChI is InChI=1S/C14H12BrCl2FN2/c1-7(2)5-11-12(15)13(17)20-14(19-11)9-4-3-8(18)6-10(9)16/h3-4,6-7H,5H2,1-2H3. The summed E-state index contributed by atoms with van der Waals surface area (Å²) in [6.07, 6.45) is 0.759. The van der Waals surface area contributed by atoms with Gasteiger partial charge in [-0.2, -0.15) is 0 Å². The summed E-state index contributed by atoms with van der Waals surface area (Å²) >= 11 is 15.6. The Morgan fingerprint density at radius 1 is 1.25 bits per heavy atom. The van der Waals surface area contributed by atoms with Gasteiger partial charge in [-0.3, -0.25) is 0 Å². The SMILES string of the molecule is CC(C)Cc1nc(-c2ccc(F)cc2Cl)nc(Cl)c1Br. The average Bonchev–Trinajstić information content (AvgIpc) is 2.34. The zero-order valence-electron chi connectivity index (χ0n) is 10.9. The Morgan fingerprint density at radius 3 is 2.55 bits per heavy atom. The molecule has 0 saturated carbocycles. The van der Waals surface area contributed by atoms with E-state index in [1.807, 2.05) is 0 Å². The van der Waals surface area contributed by atoms with Crippen molar-refractivity contribution in [1.29, 1.82) is 0 Å². The maximum atomic E-state index is 13.1. The lowest BCUT2D eigenvalue weighted by molar-refractivity contribution is 0.628. The normalized spacial score (nSPS) is 11.2. The molecule has 1 heterocycles.